The number of rotatable bonds is 7. The summed E-state index contributed by atoms with van der Waals surface area (Å²) in [5.41, 5.74) is 3.02. The number of aliphatic carboxylic acids is 1. The van der Waals surface area contributed by atoms with Crippen molar-refractivity contribution in [3.05, 3.63) is 71.6 Å². The van der Waals surface area contributed by atoms with Gasteiger partial charge in [0, 0.05) is 38.1 Å². The summed E-state index contributed by atoms with van der Waals surface area (Å²) in [5, 5.41) is 19.4. The number of nitrogens with zero attached hydrogens (tertiary/aromatic N) is 4. The largest absolute Gasteiger partial charge is 0.490 e. The summed E-state index contributed by atoms with van der Waals surface area (Å²) < 4.78 is 48.7. The van der Waals surface area contributed by atoms with Crippen LogP contribution in [0.4, 0.5) is 17.6 Å². The first-order chi connectivity index (χ1) is 14.6. The molecule has 7 nitrogen and oxygen atoms in total. The van der Waals surface area contributed by atoms with Crippen LogP contribution in [-0.4, -0.2) is 36.8 Å². The number of carbonyl (C=O) groups is 1. The molecule has 0 aliphatic carbocycles. The van der Waals surface area contributed by atoms with Gasteiger partial charge in [0.2, 0.25) is 0 Å². The van der Waals surface area contributed by atoms with Crippen LogP contribution >= 0.6 is 0 Å². The molecule has 0 spiro atoms. The summed E-state index contributed by atoms with van der Waals surface area (Å²) >= 11 is 0. The van der Waals surface area contributed by atoms with E-state index in [0.717, 1.165) is 29.8 Å². The third-order valence-corrected chi connectivity index (χ3v) is 4.14. The normalized spacial score (nSPS) is 12.2. The lowest BCUT2D eigenvalue weighted by atomic mass is 10.0. The maximum absolute atomic E-state index is 13.2. The highest BCUT2D eigenvalue weighted by molar-refractivity contribution is 5.73. The Bertz CT molecular complexity index is 967. The van der Waals surface area contributed by atoms with Crippen LogP contribution in [0, 0.1) is 5.82 Å². The number of hydrogen-bond acceptors (Lipinski definition) is 4. The van der Waals surface area contributed by atoms with Crippen LogP contribution < -0.4 is 5.32 Å². The Morgan fingerprint density at radius 2 is 1.84 bits per heavy atom. The number of aryl methyl sites for hydroxylation is 2. The Morgan fingerprint density at radius 1 is 1.19 bits per heavy atom. The molecular weight excluding hydrogens is 418 g/mol. The van der Waals surface area contributed by atoms with Crippen molar-refractivity contribution in [2.24, 2.45) is 7.05 Å². The van der Waals surface area contributed by atoms with Crippen LogP contribution in [0.3, 0.4) is 0 Å². The molecule has 0 fully saturated rings. The van der Waals surface area contributed by atoms with Crippen molar-refractivity contribution in [2.45, 2.75) is 38.7 Å². The Balaban J connectivity index is 0.000000423. The zero-order valence-electron chi connectivity index (χ0n) is 17.0. The quantitative estimate of drug-likeness (QED) is 0.547. The van der Waals surface area contributed by atoms with Crippen LogP contribution in [0.15, 0.2) is 48.9 Å². The van der Waals surface area contributed by atoms with Gasteiger partial charge in [-0.05, 0) is 30.2 Å². The molecule has 0 bridgehead atoms. The van der Waals surface area contributed by atoms with Gasteiger partial charge in [-0.1, -0.05) is 19.1 Å². The molecule has 2 N–H and O–H groups in total. The first-order valence-corrected chi connectivity index (χ1v) is 9.40. The minimum atomic E-state index is -5.08. The maximum atomic E-state index is 13.2. The van der Waals surface area contributed by atoms with Gasteiger partial charge < -0.3 is 10.4 Å². The van der Waals surface area contributed by atoms with Crippen LogP contribution in [0.25, 0.3) is 0 Å². The highest BCUT2D eigenvalue weighted by atomic mass is 19.4. The lowest BCUT2D eigenvalue weighted by molar-refractivity contribution is -0.192. The van der Waals surface area contributed by atoms with Gasteiger partial charge in [0.05, 0.1) is 17.9 Å². The van der Waals surface area contributed by atoms with Crippen LogP contribution in [0.5, 0.6) is 0 Å². The average molecular weight is 441 g/mol. The zero-order valence-corrected chi connectivity index (χ0v) is 17.0. The van der Waals surface area contributed by atoms with Gasteiger partial charge in [0.15, 0.2) is 0 Å². The van der Waals surface area contributed by atoms with Crippen LogP contribution in [0.2, 0.25) is 0 Å². The molecule has 0 aliphatic heterocycles. The summed E-state index contributed by atoms with van der Waals surface area (Å²) in [6, 6.07) is 8.53. The van der Waals surface area contributed by atoms with Crippen molar-refractivity contribution in [1.82, 2.24) is 24.9 Å². The molecule has 1 aromatic carbocycles. The van der Waals surface area contributed by atoms with Crippen molar-refractivity contribution in [3.8, 4) is 0 Å². The van der Waals surface area contributed by atoms with E-state index < -0.39 is 12.1 Å². The third kappa shape index (κ3) is 7.52. The van der Waals surface area contributed by atoms with E-state index in [1.807, 2.05) is 36.4 Å². The summed E-state index contributed by atoms with van der Waals surface area (Å²) in [6.45, 7) is 3.68. The zero-order chi connectivity index (χ0) is 23.0. The molecule has 11 heteroatoms. The van der Waals surface area contributed by atoms with Gasteiger partial charge in [-0.3, -0.25) is 9.36 Å². The molecule has 0 saturated heterocycles. The van der Waals surface area contributed by atoms with E-state index >= 15 is 0 Å². The highest BCUT2D eigenvalue weighted by Crippen LogP contribution is 2.22. The Kier molecular flexibility index (Phi) is 8.31. The number of aromatic nitrogens is 4. The Hall–Kier alpha value is -3.21. The van der Waals surface area contributed by atoms with Crippen LogP contribution in [-0.2, 0) is 24.9 Å². The Morgan fingerprint density at radius 3 is 2.35 bits per heavy atom. The molecule has 3 rings (SSSR count). The van der Waals surface area contributed by atoms with Gasteiger partial charge in [-0.25, -0.2) is 9.18 Å². The number of carboxylic acid groups (broad SMARTS) is 1. The first-order valence-electron chi connectivity index (χ1n) is 9.40. The fourth-order valence-electron chi connectivity index (χ4n) is 2.73. The molecule has 2 heterocycles. The highest BCUT2D eigenvalue weighted by Gasteiger charge is 2.38. The molecule has 1 unspecified atom stereocenters. The number of alkyl halides is 3. The van der Waals surface area contributed by atoms with Gasteiger partial charge in [-0.2, -0.15) is 23.4 Å². The third-order valence-electron chi connectivity index (χ3n) is 4.14. The minimum Gasteiger partial charge on any atom is -0.475 e. The monoisotopic (exact) mass is 441 g/mol. The Labute approximate surface area is 176 Å². The number of hydrogen-bond donors (Lipinski definition) is 2. The van der Waals surface area contributed by atoms with E-state index in [9.17, 15) is 17.6 Å². The summed E-state index contributed by atoms with van der Waals surface area (Å²) in [6.07, 6.45) is 1.77. The fourth-order valence-corrected chi connectivity index (χ4v) is 2.73. The lowest BCUT2D eigenvalue weighted by Gasteiger charge is -2.17. The second kappa shape index (κ2) is 10.7. The topological polar surface area (TPSA) is 85.0 Å². The molecule has 1 atom stereocenters. The predicted molar refractivity (Wildman–Crippen MR) is 104 cm³/mol. The molecular formula is C20H23F4N5O2. The van der Waals surface area contributed by atoms with E-state index in [1.165, 1.54) is 12.1 Å². The molecule has 2 aromatic heterocycles. The molecule has 168 valence electrons. The minimum absolute atomic E-state index is 0.0596. The number of carboxylic acids is 1. The number of nitrogens with one attached hydrogen (secondary N) is 1. The van der Waals surface area contributed by atoms with Crippen molar-refractivity contribution < 1.29 is 27.5 Å². The van der Waals surface area contributed by atoms with E-state index in [1.54, 1.807) is 16.8 Å². The predicted octanol–water partition coefficient (Wildman–Crippen LogP) is 3.68. The van der Waals surface area contributed by atoms with Gasteiger partial charge in [0.25, 0.3) is 0 Å². The molecule has 3 aromatic rings. The van der Waals surface area contributed by atoms with E-state index in [2.05, 4.69) is 22.4 Å². The molecule has 0 saturated carbocycles. The summed E-state index contributed by atoms with van der Waals surface area (Å²) in [7, 11) is 1.89. The van der Waals surface area contributed by atoms with Crippen molar-refractivity contribution in [3.63, 3.8) is 0 Å². The summed E-state index contributed by atoms with van der Waals surface area (Å²) in [5.74, 6) is -2.99. The molecule has 0 aliphatic rings. The van der Waals surface area contributed by atoms with Crippen molar-refractivity contribution in [2.75, 3.05) is 0 Å². The first kappa shape index (κ1) is 24.1. The van der Waals surface area contributed by atoms with Gasteiger partial charge >= 0.3 is 12.1 Å². The SMILES string of the molecule is CCCn1ccc(CNC(c2ccc(F)cc2)c2cnn(C)c2)n1.O=C(O)C(F)(F)F. The van der Waals surface area contributed by atoms with Crippen molar-refractivity contribution >= 4 is 5.97 Å². The van der Waals surface area contributed by atoms with E-state index in [-0.39, 0.29) is 11.9 Å². The fraction of sp³-hybridized carbons (Fsp3) is 0.350. The lowest BCUT2D eigenvalue weighted by Crippen LogP contribution is -2.22. The van der Waals surface area contributed by atoms with Gasteiger partial charge in [0.1, 0.15) is 5.82 Å². The van der Waals surface area contributed by atoms with Crippen molar-refractivity contribution in [1.29, 1.82) is 0 Å². The number of benzene rings is 1. The second-order valence-corrected chi connectivity index (χ2v) is 6.69. The van der Waals surface area contributed by atoms with Gasteiger partial charge in [-0.15, -0.1) is 0 Å². The van der Waals surface area contributed by atoms with E-state index in [0.29, 0.717) is 6.54 Å². The average Bonchev–Trinajstić information content (AvgIpc) is 3.32. The molecule has 0 radical (unpaired) electrons. The molecule has 0 amide bonds. The van der Waals surface area contributed by atoms with Crippen LogP contribution in [0.1, 0.15) is 36.2 Å². The standard InChI is InChI=1S/C18H22FN5.C2HF3O2/c1-3-9-24-10-8-17(22-24)12-20-18(15-11-21-23(2)13-15)14-4-6-16(19)7-5-14;3-2(4,5)1(6)7/h4-8,10-11,13,18,20H,3,9,12H2,1-2H3;(H,6,7). The molecule has 31 heavy (non-hydrogen) atoms. The second-order valence-electron chi connectivity index (χ2n) is 6.69. The summed E-state index contributed by atoms with van der Waals surface area (Å²) in [4.78, 5) is 8.90. The number of halogens is 4. The maximum Gasteiger partial charge on any atom is 0.490 e. The smallest absolute Gasteiger partial charge is 0.475 e. The van der Waals surface area contributed by atoms with E-state index in [4.69, 9.17) is 9.90 Å².